The molecular formula is C31H46FN3O4. The Morgan fingerprint density at radius 2 is 1.56 bits per heavy atom. The number of ether oxygens (including phenoxy) is 1. The molecule has 0 aliphatic carbocycles. The number of aliphatic hydroxyl groups excluding tert-OH is 1. The van der Waals surface area contributed by atoms with Gasteiger partial charge in [-0.3, -0.25) is 9.59 Å². The molecule has 2 rings (SSSR count). The smallest absolute Gasteiger partial charge is 0.253 e. The molecule has 216 valence electrons. The van der Waals surface area contributed by atoms with Crippen LogP contribution in [0.5, 0.6) is 5.75 Å². The Morgan fingerprint density at radius 1 is 0.974 bits per heavy atom. The summed E-state index contributed by atoms with van der Waals surface area (Å²) < 4.78 is 19.1. The van der Waals surface area contributed by atoms with Crippen LogP contribution in [0.4, 0.5) is 4.39 Å². The van der Waals surface area contributed by atoms with Crippen molar-refractivity contribution in [2.24, 2.45) is 11.7 Å². The summed E-state index contributed by atoms with van der Waals surface area (Å²) in [6, 6.07) is 9.12. The summed E-state index contributed by atoms with van der Waals surface area (Å²) in [6.45, 7) is 11.9. The van der Waals surface area contributed by atoms with E-state index in [1.165, 1.54) is 19.2 Å². The molecule has 0 unspecified atom stereocenters. The molecule has 0 fully saturated rings. The van der Waals surface area contributed by atoms with E-state index in [9.17, 15) is 19.1 Å². The Bertz CT molecular complexity index is 1090. The molecule has 0 saturated carbocycles. The molecule has 0 aliphatic rings. The van der Waals surface area contributed by atoms with Crippen molar-refractivity contribution in [2.75, 3.05) is 33.3 Å². The number of carbonyl (C=O) groups excluding carboxylic acids is 2. The summed E-state index contributed by atoms with van der Waals surface area (Å²) in [4.78, 5) is 30.4. The minimum Gasteiger partial charge on any atom is -0.494 e. The molecule has 7 nitrogen and oxygen atoms in total. The molecule has 0 saturated heterocycles. The van der Waals surface area contributed by atoms with Crippen LogP contribution in [-0.4, -0.2) is 72.2 Å². The van der Waals surface area contributed by atoms with Crippen molar-refractivity contribution in [3.63, 3.8) is 0 Å². The molecule has 2 atom stereocenters. The predicted molar refractivity (Wildman–Crippen MR) is 154 cm³/mol. The molecule has 0 heterocycles. The quantitative estimate of drug-likeness (QED) is 0.336. The number of halogens is 1. The van der Waals surface area contributed by atoms with E-state index in [-0.39, 0.29) is 30.5 Å². The third-order valence-corrected chi connectivity index (χ3v) is 6.70. The second-order valence-electron chi connectivity index (χ2n) is 10.7. The van der Waals surface area contributed by atoms with E-state index < -0.39 is 18.0 Å². The fourth-order valence-electron chi connectivity index (χ4n) is 4.55. The normalized spacial score (nSPS) is 12.8. The third-order valence-electron chi connectivity index (χ3n) is 6.70. The molecule has 2 amide bonds. The van der Waals surface area contributed by atoms with Crippen molar-refractivity contribution >= 4 is 11.8 Å². The van der Waals surface area contributed by atoms with Gasteiger partial charge in [0.1, 0.15) is 0 Å². The van der Waals surface area contributed by atoms with Gasteiger partial charge < -0.3 is 25.4 Å². The highest BCUT2D eigenvalue weighted by Gasteiger charge is 2.25. The highest BCUT2D eigenvalue weighted by Crippen LogP contribution is 2.20. The SMILES string of the molecule is CCCN(CCC)C(=O)c1cc(C)cc(C(=O)N(CCC(C)C)C[C@@H](O)[C@@H](N)Cc2ccc(OC)c(F)c2)c1. The van der Waals surface area contributed by atoms with E-state index in [1.807, 2.05) is 31.7 Å². The second kappa shape index (κ2) is 15.6. The zero-order valence-electron chi connectivity index (χ0n) is 24.4. The third kappa shape index (κ3) is 9.62. The maximum Gasteiger partial charge on any atom is 0.253 e. The van der Waals surface area contributed by atoms with E-state index in [4.69, 9.17) is 10.5 Å². The second-order valence-corrected chi connectivity index (χ2v) is 10.7. The summed E-state index contributed by atoms with van der Waals surface area (Å²) in [5.41, 5.74) is 8.65. The van der Waals surface area contributed by atoms with Gasteiger partial charge in [-0.15, -0.1) is 0 Å². The molecule has 39 heavy (non-hydrogen) atoms. The number of aryl methyl sites for hydroxylation is 1. The van der Waals surface area contributed by atoms with Gasteiger partial charge in [-0.1, -0.05) is 33.8 Å². The summed E-state index contributed by atoms with van der Waals surface area (Å²) in [5.74, 6) is -0.347. The molecule has 3 N–H and O–H groups in total. The van der Waals surface area contributed by atoms with Gasteiger partial charge in [-0.25, -0.2) is 4.39 Å². The fraction of sp³-hybridized carbons (Fsp3) is 0.548. The number of hydrogen-bond acceptors (Lipinski definition) is 5. The molecular weight excluding hydrogens is 497 g/mol. The molecule has 8 heteroatoms. The first kappa shape index (κ1) is 32.2. The Hall–Kier alpha value is -2.97. The highest BCUT2D eigenvalue weighted by molar-refractivity contribution is 6.00. The monoisotopic (exact) mass is 543 g/mol. The van der Waals surface area contributed by atoms with E-state index >= 15 is 0 Å². The van der Waals surface area contributed by atoms with Crippen LogP contribution >= 0.6 is 0 Å². The van der Waals surface area contributed by atoms with Crippen LogP contribution in [0.25, 0.3) is 0 Å². The lowest BCUT2D eigenvalue weighted by Crippen LogP contribution is -2.47. The van der Waals surface area contributed by atoms with Crippen LogP contribution in [0.1, 0.15) is 78.8 Å². The average Bonchev–Trinajstić information content (AvgIpc) is 2.89. The lowest BCUT2D eigenvalue weighted by Gasteiger charge is -2.29. The van der Waals surface area contributed by atoms with Gasteiger partial charge in [0.15, 0.2) is 11.6 Å². The lowest BCUT2D eigenvalue weighted by molar-refractivity contribution is 0.0563. The van der Waals surface area contributed by atoms with Crippen molar-refractivity contribution in [1.29, 1.82) is 0 Å². The number of rotatable bonds is 15. The van der Waals surface area contributed by atoms with Crippen molar-refractivity contribution in [3.05, 3.63) is 64.5 Å². The van der Waals surface area contributed by atoms with Crippen molar-refractivity contribution in [2.45, 2.75) is 72.4 Å². The minimum atomic E-state index is -1.03. The van der Waals surface area contributed by atoms with Gasteiger partial charge in [0.05, 0.1) is 13.2 Å². The van der Waals surface area contributed by atoms with Crippen LogP contribution in [0.2, 0.25) is 0 Å². The van der Waals surface area contributed by atoms with Crippen molar-refractivity contribution < 1.29 is 23.8 Å². The highest BCUT2D eigenvalue weighted by atomic mass is 19.1. The Morgan fingerprint density at radius 3 is 2.08 bits per heavy atom. The maximum atomic E-state index is 14.1. The zero-order chi connectivity index (χ0) is 29.1. The largest absolute Gasteiger partial charge is 0.494 e. The molecule has 2 aromatic rings. The van der Waals surface area contributed by atoms with E-state index in [2.05, 4.69) is 13.8 Å². The molecule has 0 aromatic heterocycles. The fourth-order valence-corrected chi connectivity index (χ4v) is 4.55. The van der Waals surface area contributed by atoms with Crippen molar-refractivity contribution in [3.8, 4) is 5.75 Å². The van der Waals surface area contributed by atoms with Gasteiger partial charge in [0.25, 0.3) is 11.8 Å². The number of carbonyl (C=O) groups is 2. The number of nitrogens with zero attached hydrogens (tertiary/aromatic N) is 2. The van der Waals surface area contributed by atoms with E-state index in [0.717, 1.165) is 24.8 Å². The summed E-state index contributed by atoms with van der Waals surface area (Å²) >= 11 is 0. The minimum absolute atomic E-state index is 0.0281. The first-order chi connectivity index (χ1) is 18.5. The van der Waals surface area contributed by atoms with Crippen LogP contribution in [0, 0.1) is 18.7 Å². The van der Waals surface area contributed by atoms with Gasteiger partial charge in [-0.2, -0.15) is 0 Å². The maximum absolute atomic E-state index is 14.1. The first-order valence-corrected chi connectivity index (χ1v) is 14.0. The van der Waals surface area contributed by atoms with Crippen LogP contribution in [0.15, 0.2) is 36.4 Å². The van der Waals surface area contributed by atoms with Gasteiger partial charge >= 0.3 is 0 Å². The van der Waals surface area contributed by atoms with Crippen molar-refractivity contribution in [1.82, 2.24) is 9.80 Å². The lowest BCUT2D eigenvalue weighted by atomic mass is 10.00. The number of nitrogens with two attached hydrogens (primary N) is 1. The molecule has 2 aromatic carbocycles. The number of aliphatic hydroxyl groups is 1. The average molecular weight is 544 g/mol. The summed E-state index contributed by atoms with van der Waals surface area (Å²) in [5, 5.41) is 11.0. The molecule has 0 spiro atoms. The Balaban J connectivity index is 2.26. The standard InChI is InChI=1S/C31H46FN3O4/c1-7-12-34(13-8-2)30(37)24-15-22(5)16-25(19-24)31(38)35(14-11-21(3)4)20-28(36)27(33)18-23-9-10-29(39-6)26(32)17-23/h9-10,15-17,19,21,27-28,36H,7-8,11-14,18,20,33H2,1-6H3/t27-,28+/m0/s1. The number of methoxy groups -OCH3 is 1. The summed E-state index contributed by atoms with van der Waals surface area (Å²) in [7, 11) is 1.40. The van der Waals surface area contributed by atoms with Crippen LogP contribution in [0.3, 0.4) is 0 Å². The Labute approximate surface area is 233 Å². The first-order valence-electron chi connectivity index (χ1n) is 14.0. The van der Waals surface area contributed by atoms with Gasteiger partial charge in [0, 0.05) is 43.3 Å². The van der Waals surface area contributed by atoms with E-state index in [0.29, 0.717) is 42.2 Å². The summed E-state index contributed by atoms with van der Waals surface area (Å²) in [6.07, 6.45) is 1.67. The topological polar surface area (TPSA) is 96.1 Å². The molecule has 0 radical (unpaired) electrons. The zero-order valence-corrected chi connectivity index (χ0v) is 24.4. The Kier molecular flexibility index (Phi) is 12.9. The van der Waals surface area contributed by atoms with Gasteiger partial charge in [-0.05, 0) is 80.0 Å². The van der Waals surface area contributed by atoms with Crippen LogP contribution in [-0.2, 0) is 6.42 Å². The number of hydrogen-bond donors (Lipinski definition) is 2. The van der Waals surface area contributed by atoms with Gasteiger partial charge in [0.2, 0.25) is 0 Å². The molecule has 0 bridgehead atoms. The van der Waals surface area contributed by atoms with E-state index in [1.54, 1.807) is 23.1 Å². The molecule has 0 aliphatic heterocycles. The number of amides is 2. The predicted octanol–water partition coefficient (Wildman–Crippen LogP) is 4.82. The van der Waals surface area contributed by atoms with Crippen LogP contribution < -0.4 is 10.5 Å². The number of benzene rings is 2.